The van der Waals surface area contributed by atoms with E-state index in [0.29, 0.717) is 11.4 Å². The molecule has 1 aromatic heterocycles. The zero-order valence-corrected chi connectivity index (χ0v) is 15.1. The number of nitrogens with zero attached hydrogens (tertiary/aromatic N) is 1. The summed E-state index contributed by atoms with van der Waals surface area (Å²) in [5.74, 6) is -0.857. The minimum Gasteiger partial charge on any atom is -0.476 e. The number of ether oxygens (including phenoxy) is 1. The summed E-state index contributed by atoms with van der Waals surface area (Å²) in [6.45, 7) is 4.81. The van der Waals surface area contributed by atoms with Crippen LogP contribution in [0.1, 0.15) is 35.7 Å². The Bertz CT molecular complexity index is 993. The summed E-state index contributed by atoms with van der Waals surface area (Å²) in [6.07, 6.45) is 0. The molecule has 0 unspecified atom stereocenters. The summed E-state index contributed by atoms with van der Waals surface area (Å²) in [7, 11) is -3.95. The summed E-state index contributed by atoms with van der Waals surface area (Å²) < 4.78 is 36.6. The molecule has 0 fully saturated rings. The Morgan fingerprint density at radius 1 is 1.31 bits per heavy atom. The third-order valence-corrected chi connectivity index (χ3v) is 4.84. The normalized spacial score (nSPS) is 15.6. The van der Waals surface area contributed by atoms with Crippen LogP contribution in [-0.4, -0.2) is 31.0 Å². The lowest BCUT2D eigenvalue weighted by atomic mass is 10.0. The van der Waals surface area contributed by atoms with Gasteiger partial charge in [0.05, 0.1) is 5.69 Å². The molecule has 0 radical (unpaired) electrons. The van der Waals surface area contributed by atoms with Gasteiger partial charge in [-0.2, -0.15) is 0 Å². The van der Waals surface area contributed by atoms with Crippen LogP contribution in [0.25, 0.3) is 0 Å². The minimum atomic E-state index is -3.95. The highest BCUT2D eigenvalue weighted by molar-refractivity contribution is 7.89. The first-order valence-corrected chi connectivity index (χ1v) is 9.32. The molecule has 26 heavy (non-hydrogen) atoms. The van der Waals surface area contributed by atoms with Gasteiger partial charge in [-0.05, 0) is 39.0 Å². The monoisotopic (exact) mass is 379 g/mol. The first-order valence-electron chi connectivity index (χ1n) is 7.67. The standard InChI is InChI=1S/C16H17N3O6S/c1-9-6-11(18-25-9)8-26(22,23)19-14(20)10-4-5-12-13(7-10)24-16(2,3)15(21)17-12/h4-7H,8H2,1-3H3,(H,17,21)(H,19,20). The molecule has 0 spiro atoms. The van der Waals surface area contributed by atoms with Crippen molar-refractivity contribution in [3.8, 4) is 5.75 Å². The van der Waals surface area contributed by atoms with Crippen molar-refractivity contribution in [2.45, 2.75) is 32.1 Å². The van der Waals surface area contributed by atoms with Gasteiger partial charge >= 0.3 is 0 Å². The van der Waals surface area contributed by atoms with E-state index in [1.807, 2.05) is 4.72 Å². The molecule has 1 aliphatic heterocycles. The zero-order chi connectivity index (χ0) is 19.1. The fraction of sp³-hybridized carbons (Fsp3) is 0.312. The summed E-state index contributed by atoms with van der Waals surface area (Å²) in [4.78, 5) is 24.1. The molecule has 9 nitrogen and oxygen atoms in total. The van der Waals surface area contributed by atoms with Crippen molar-refractivity contribution in [1.29, 1.82) is 0 Å². The number of amides is 2. The second kappa shape index (κ2) is 6.13. The Kier molecular flexibility index (Phi) is 4.23. The number of fused-ring (bicyclic) bond motifs is 1. The Morgan fingerprint density at radius 2 is 2.04 bits per heavy atom. The van der Waals surface area contributed by atoms with Gasteiger partial charge in [0, 0.05) is 11.6 Å². The average Bonchev–Trinajstić information content (AvgIpc) is 2.91. The van der Waals surface area contributed by atoms with E-state index in [1.54, 1.807) is 20.8 Å². The third kappa shape index (κ3) is 3.69. The van der Waals surface area contributed by atoms with Crippen LogP contribution in [0, 0.1) is 6.92 Å². The average molecular weight is 379 g/mol. The van der Waals surface area contributed by atoms with E-state index in [4.69, 9.17) is 9.26 Å². The van der Waals surface area contributed by atoms with Gasteiger partial charge in [0.1, 0.15) is 23.0 Å². The van der Waals surface area contributed by atoms with Crippen molar-refractivity contribution in [1.82, 2.24) is 9.88 Å². The molecule has 2 aromatic rings. The predicted octanol–water partition coefficient (Wildman–Crippen LogP) is 1.35. The summed E-state index contributed by atoms with van der Waals surface area (Å²) in [6, 6.07) is 5.72. The van der Waals surface area contributed by atoms with E-state index in [1.165, 1.54) is 24.3 Å². The Balaban J connectivity index is 1.77. The van der Waals surface area contributed by atoms with Gasteiger partial charge in [0.2, 0.25) is 10.0 Å². The van der Waals surface area contributed by atoms with E-state index < -0.39 is 27.3 Å². The third-order valence-electron chi connectivity index (χ3n) is 3.67. The number of anilines is 1. The van der Waals surface area contributed by atoms with Crippen LogP contribution in [0.3, 0.4) is 0 Å². The highest BCUT2D eigenvalue weighted by atomic mass is 32.2. The van der Waals surface area contributed by atoms with Crippen molar-refractivity contribution in [3.05, 3.63) is 41.3 Å². The molecular formula is C16H17N3O6S. The van der Waals surface area contributed by atoms with Gasteiger partial charge < -0.3 is 14.6 Å². The second-order valence-electron chi connectivity index (χ2n) is 6.40. The van der Waals surface area contributed by atoms with Crippen molar-refractivity contribution >= 4 is 27.5 Å². The lowest BCUT2D eigenvalue weighted by Crippen LogP contribution is -2.45. The molecule has 0 saturated heterocycles. The maximum absolute atomic E-state index is 12.3. The highest BCUT2D eigenvalue weighted by Crippen LogP contribution is 2.34. The van der Waals surface area contributed by atoms with E-state index in [-0.39, 0.29) is 22.9 Å². The number of hydrogen-bond acceptors (Lipinski definition) is 7. The first kappa shape index (κ1) is 17.9. The van der Waals surface area contributed by atoms with Crippen molar-refractivity contribution < 1.29 is 27.3 Å². The Labute approximate surface area is 149 Å². The second-order valence-corrected chi connectivity index (χ2v) is 8.12. The molecule has 1 aromatic carbocycles. The Hall–Kier alpha value is -2.88. The van der Waals surface area contributed by atoms with Crippen molar-refractivity contribution in [3.63, 3.8) is 0 Å². The van der Waals surface area contributed by atoms with Gasteiger partial charge in [-0.3, -0.25) is 9.59 Å². The van der Waals surface area contributed by atoms with Crippen LogP contribution in [0.4, 0.5) is 5.69 Å². The number of carbonyl (C=O) groups excluding carboxylic acids is 2. The number of sulfonamides is 1. The predicted molar refractivity (Wildman–Crippen MR) is 91.1 cm³/mol. The van der Waals surface area contributed by atoms with E-state index in [0.717, 1.165) is 0 Å². The molecule has 3 rings (SSSR count). The van der Waals surface area contributed by atoms with Crippen molar-refractivity contribution in [2.75, 3.05) is 5.32 Å². The van der Waals surface area contributed by atoms with Gasteiger partial charge in [0.15, 0.2) is 5.60 Å². The molecule has 10 heteroatoms. The Morgan fingerprint density at radius 3 is 2.69 bits per heavy atom. The molecule has 2 amide bonds. The fourth-order valence-electron chi connectivity index (χ4n) is 2.36. The number of hydrogen-bond donors (Lipinski definition) is 2. The highest BCUT2D eigenvalue weighted by Gasteiger charge is 2.35. The van der Waals surface area contributed by atoms with Crippen LogP contribution in [0.5, 0.6) is 5.75 Å². The van der Waals surface area contributed by atoms with Gasteiger partial charge in [-0.15, -0.1) is 0 Å². The number of benzene rings is 1. The molecule has 0 bridgehead atoms. The number of rotatable bonds is 4. The van der Waals surface area contributed by atoms with Gasteiger partial charge in [-0.25, -0.2) is 13.1 Å². The largest absolute Gasteiger partial charge is 0.476 e. The maximum Gasteiger partial charge on any atom is 0.268 e. The van der Waals surface area contributed by atoms with E-state index in [2.05, 4.69) is 10.5 Å². The SMILES string of the molecule is Cc1cc(CS(=O)(=O)NC(=O)c2ccc3c(c2)OC(C)(C)C(=O)N3)no1. The topological polar surface area (TPSA) is 128 Å². The van der Waals surface area contributed by atoms with Crippen LogP contribution in [0.2, 0.25) is 0 Å². The summed E-state index contributed by atoms with van der Waals surface area (Å²) in [5.41, 5.74) is -0.414. The number of aryl methyl sites for hydroxylation is 1. The molecule has 0 atom stereocenters. The van der Waals surface area contributed by atoms with Gasteiger partial charge in [-0.1, -0.05) is 5.16 Å². The fourth-order valence-corrected chi connectivity index (χ4v) is 3.36. The van der Waals surface area contributed by atoms with Crippen LogP contribution >= 0.6 is 0 Å². The lowest BCUT2D eigenvalue weighted by molar-refractivity contribution is -0.129. The molecule has 1 aliphatic rings. The van der Waals surface area contributed by atoms with Crippen LogP contribution in [-0.2, 0) is 20.6 Å². The smallest absolute Gasteiger partial charge is 0.268 e. The number of carbonyl (C=O) groups is 2. The molecule has 138 valence electrons. The minimum absolute atomic E-state index is 0.0793. The summed E-state index contributed by atoms with van der Waals surface area (Å²) >= 11 is 0. The zero-order valence-electron chi connectivity index (χ0n) is 14.3. The summed E-state index contributed by atoms with van der Waals surface area (Å²) in [5, 5.41) is 6.26. The number of aromatic nitrogens is 1. The van der Waals surface area contributed by atoms with E-state index in [9.17, 15) is 18.0 Å². The van der Waals surface area contributed by atoms with Crippen LogP contribution < -0.4 is 14.8 Å². The number of nitrogens with one attached hydrogen (secondary N) is 2. The van der Waals surface area contributed by atoms with E-state index >= 15 is 0 Å². The van der Waals surface area contributed by atoms with Crippen molar-refractivity contribution in [2.24, 2.45) is 0 Å². The molecule has 0 aliphatic carbocycles. The quantitative estimate of drug-likeness (QED) is 0.821. The lowest BCUT2D eigenvalue weighted by Gasteiger charge is -2.31. The van der Waals surface area contributed by atoms with Gasteiger partial charge in [0.25, 0.3) is 11.8 Å². The molecule has 2 N–H and O–H groups in total. The van der Waals surface area contributed by atoms with Crippen LogP contribution in [0.15, 0.2) is 28.8 Å². The molecular weight excluding hydrogens is 362 g/mol. The maximum atomic E-state index is 12.3. The first-order chi connectivity index (χ1) is 12.1. The molecule has 0 saturated carbocycles. The molecule has 2 heterocycles.